The van der Waals surface area contributed by atoms with Gasteiger partial charge in [-0.15, -0.1) is 12.3 Å². The van der Waals surface area contributed by atoms with Crippen molar-refractivity contribution < 1.29 is 0 Å². The fourth-order valence-electron chi connectivity index (χ4n) is 1.17. The fraction of sp³-hybridized carbons (Fsp3) is 0.250. The minimum atomic E-state index is 0.652. The lowest BCUT2D eigenvalue weighted by Gasteiger charge is -2.07. The SMILES string of the molecule is C#CCCCNc1cc(Br)ccc1C#N. The lowest BCUT2D eigenvalue weighted by molar-refractivity contribution is 0.907. The van der Waals surface area contributed by atoms with Crippen molar-refractivity contribution in [2.75, 3.05) is 11.9 Å². The van der Waals surface area contributed by atoms with E-state index in [1.807, 2.05) is 12.1 Å². The molecule has 3 heteroatoms. The summed E-state index contributed by atoms with van der Waals surface area (Å²) in [5.41, 5.74) is 1.50. The molecule has 0 amide bonds. The quantitative estimate of drug-likeness (QED) is 0.669. The Labute approximate surface area is 98.4 Å². The van der Waals surface area contributed by atoms with E-state index in [-0.39, 0.29) is 0 Å². The van der Waals surface area contributed by atoms with Crippen LogP contribution in [0.25, 0.3) is 0 Å². The molecule has 1 N–H and O–H groups in total. The lowest BCUT2D eigenvalue weighted by atomic mass is 10.2. The van der Waals surface area contributed by atoms with E-state index in [9.17, 15) is 0 Å². The first-order chi connectivity index (χ1) is 7.27. The Morgan fingerprint density at radius 2 is 2.27 bits per heavy atom. The maximum atomic E-state index is 8.87. The van der Waals surface area contributed by atoms with Crippen molar-refractivity contribution in [2.24, 2.45) is 0 Å². The van der Waals surface area contributed by atoms with Crippen LogP contribution in [-0.2, 0) is 0 Å². The molecular formula is C12H11BrN2. The molecule has 15 heavy (non-hydrogen) atoms. The smallest absolute Gasteiger partial charge is 0.101 e. The van der Waals surface area contributed by atoms with E-state index in [1.165, 1.54) is 0 Å². The molecule has 0 spiro atoms. The lowest BCUT2D eigenvalue weighted by Crippen LogP contribution is -2.02. The number of benzene rings is 1. The highest BCUT2D eigenvalue weighted by Crippen LogP contribution is 2.20. The summed E-state index contributed by atoms with van der Waals surface area (Å²) in [6.07, 6.45) is 6.81. The van der Waals surface area contributed by atoms with Gasteiger partial charge in [0.05, 0.1) is 11.3 Å². The number of nitrogens with one attached hydrogen (secondary N) is 1. The van der Waals surface area contributed by atoms with Crippen LogP contribution in [0.2, 0.25) is 0 Å². The number of rotatable bonds is 4. The van der Waals surface area contributed by atoms with E-state index in [2.05, 4.69) is 33.2 Å². The molecule has 0 radical (unpaired) electrons. The topological polar surface area (TPSA) is 35.8 Å². The minimum absolute atomic E-state index is 0.652. The third-order valence-electron chi connectivity index (χ3n) is 1.92. The van der Waals surface area contributed by atoms with E-state index in [4.69, 9.17) is 11.7 Å². The second-order valence-electron chi connectivity index (χ2n) is 3.04. The zero-order valence-corrected chi connectivity index (χ0v) is 9.84. The second-order valence-corrected chi connectivity index (χ2v) is 3.95. The zero-order valence-electron chi connectivity index (χ0n) is 8.26. The van der Waals surface area contributed by atoms with Crippen molar-refractivity contribution in [3.05, 3.63) is 28.2 Å². The van der Waals surface area contributed by atoms with Crippen LogP contribution in [0.4, 0.5) is 5.69 Å². The molecule has 0 saturated carbocycles. The molecule has 0 unspecified atom stereocenters. The monoisotopic (exact) mass is 262 g/mol. The Morgan fingerprint density at radius 3 is 2.93 bits per heavy atom. The van der Waals surface area contributed by atoms with Gasteiger partial charge in [0, 0.05) is 17.4 Å². The van der Waals surface area contributed by atoms with Crippen molar-refractivity contribution >= 4 is 21.6 Å². The number of hydrogen-bond acceptors (Lipinski definition) is 2. The van der Waals surface area contributed by atoms with Gasteiger partial charge in [0.2, 0.25) is 0 Å². The van der Waals surface area contributed by atoms with Gasteiger partial charge in [-0.05, 0) is 24.6 Å². The van der Waals surface area contributed by atoms with Crippen LogP contribution in [0.3, 0.4) is 0 Å². The van der Waals surface area contributed by atoms with Gasteiger partial charge in [-0.3, -0.25) is 0 Å². The molecular weight excluding hydrogens is 252 g/mol. The summed E-state index contributed by atoms with van der Waals surface area (Å²) in [7, 11) is 0. The molecule has 2 nitrogen and oxygen atoms in total. The number of terminal acetylenes is 1. The Kier molecular flexibility index (Phi) is 4.74. The second kappa shape index (κ2) is 6.11. The Hall–Kier alpha value is -1.45. The summed E-state index contributed by atoms with van der Waals surface area (Å²) >= 11 is 3.37. The molecule has 0 aliphatic carbocycles. The van der Waals surface area contributed by atoms with Crippen LogP contribution in [0, 0.1) is 23.7 Å². The largest absolute Gasteiger partial charge is 0.384 e. The van der Waals surface area contributed by atoms with Gasteiger partial charge in [0.15, 0.2) is 0 Å². The first-order valence-electron chi connectivity index (χ1n) is 4.65. The number of halogens is 1. The predicted molar refractivity (Wildman–Crippen MR) is 65.4 cm³/mol. The average molecular weight is 263 g/mol. The molecule has 0 bridgehead atoms. The van der Waals surface area contributed by atoms with Gasteiger partial charge < -0.3 is 5.32 Å². The highest BCUT2D eigenvalue weighted by Gasteiger charge is 2.01. The van der Waals surface area contributed by atoms with E-state index in [1.54, 1.807) is 6.07 Å². The number of anilines is 1. The first-order valence-corrected chi connectivity index (χ1v) is 5.44. The standard InChI is InChI=1S/C12H11BrN2/c1-2-3-4-7-15-12-8-11(13)6-5-10(12)9-14/h1,5-6,8,15H,3-4,7H2. The molecule has 1 aromatic carbocycles. The van der Waals surface area contributed by atoms with E-state index in [0.717, 1.165) is 29.5 Å². The number of unbranched alkanes of at least 4 members (excludes halogenated alkanes) is 1. The van der Waals surface area contributed by atoms with Gasteiger partial charge in [-0.25, -0.2) is 0 Å². The van der Waals surface area contributed by atoms with Crippen molar-refractivity contribution in [3.8, 4) is 18.4 Å². The highest BCUT2D eigenvalue weighted by atomic mass is 79.9. The molecule has 0 fully saturated rings. The van der Waals surface area contributed by atoms with E-state index in [0.29, 0.717) is 5.56 Å². The van der Waals surface area contributed by atoms with E-state index >= 15 is 0 Å². The van der Waals surface area contributed by atoms with Gasteiger partial charge in [-0.2, -0.15) is 5.26 Å². The van der Waals surface area contributed by atoms with Gasteiger partial charge in [-0.1, -0.05) is 15.9 Å². The maximum Gasteiger partial charge on any atom is 0.101 e. The van der Waals surface area contributed by atoms with Gasteiger partial charge in [0.25, 0.3) is 0 Å². The fourth-order valence-corrected chi connectivity index (χ4v) is 1.53. The third-order valence-corrected chi connectivity index (χ3v) is 2.41. The summed E-state index contributed by atoms with van der Waals surface area (Å²) in [5.74, 6) is 2.58. The normalized spacial score (nSPS) is 9.00. The van der Waals surface area contributed by atoms with Crippen LogP contribution < -0.4 is 5.32 Å². The third kappa shape index (κ3) is 3.65. The molecule has 0 aromatic heterocycles. The molecule has 76 valence electrons. The summed E-state index contributed by atoms with van der Waals surface area (Å²) in [6.45, 7) is 0.787. The Morgan fingerprint density at radius 1 is 1.47 bits per heavy atom. The van der Waals surface area contributed by atoms with Crippen LogP contribution in [-0.4, -0.2) is 6.54 Å². The summed E-state index contributed by atoms with van der Waals surface area (Å²) < 4.78 is 0.959. The van der Waals surface area contributed by atoms with E-state index < -0.39 is 0 Å². The van der Waals surface area contributed by atoms with Crippen molar-refractivity contribution in [3.63, 3.8) is 0 Å². The minimum Gasteiger partial charge on any atom is -0.384 e. The molecule has 0 atom stereocenters. The molecule has 0 aliphatic heterocycles. The summed E-state index contributed by atoms with van der Waals surface area (Å²) in [5, 5.41) is 12.1. The van der Waals surface area contributed by atoms with Crippen LogP contribution >= 0.6 is 15.9 Å². The molecule has 0 aliphatic rings. The average Bonchev–Trinajstić information content (AvgIpc) is 2.25. The molecule has 0 heterocycles. The van der Waals surface area contributed by atoms with Crippen molar-refractivity contribution in [2.45, 2.75) is 12.8 Å². The van der Waals surface area contributed by atoms with Gasteiger partial charge in [0.1, 0.15) is 6.07 Å². The number of nitriles is 1. The summed E-state index contributed by atoms with van der Waals surface area (Å²) in [4.78, 5) is 0. The summed E-state index contributed by atoms with van der Waals surface area (Å²) in [6, 6.07) is 7.67. The zero-order chi connectivity index (χ0) is 11.1. The molecule has 1 rings (SSSR count). The Balaban J connectivity index is 2.64. The molecule has 1 aromatic rings. The van der Waals surface area contributed by atoms with Crippen LogP contribution in [0.5, 0.6) is 0 Å². The van der Waals surface area contributed by atoms with Crippen LogP contribution in [0.1, 0.15) is 18.4 Å². The number of hydrogen-bond donors (Lipinski definition) is 1. The highest BCUT2D eigenvalue weighted by molar-refractivity contribution is 9.10. The van der Waals surface area contributed by atoms with Crippen LogP contribution in [0.15, 0.2) is 22.7 Å². The van der Waals surface area contributed by atoms with Crippen molar-refractivity contribution in [1.29, 1.82) is 5.26 Å². The first kappa shape index (κ1) is 11.6. The predicted octanol–water partition coefficient (Wildman–Crippen LogP) is 3.15. The molecule has 0 saturated heterocycles. The Bertz CT molecular complexity index is 413. The number of nitrogens with zero attached hydrogens (tertiary/aromatic N) is 1. The van der Waals surface area contributed by atoms with Crippen molar-refractivity contribution in [1.82, 2.24) is 0 Å². The maximum absolute atomic E-state index is 8.87. The van der Waals surface area contributed by atoms with Gasteiger partial charge >= 0.3 is 0 Å².